The molecule has 2 unspecified atom stereocenters. The normalized spacial score (nSPS) is 26.7. The van der Waals surface area contributed by atoms with Crippen molar-refractivity contribution >= 4 is 44.3 Å². The third-order valence-electron chi connectivity index (χ3n) is 6.89. The fraction of sp³-hybridized carbons (Fsp3) is 0.636. The Morgan fingerprint density at radius 3 is 2.77 bits per heavy atom. The Kier molecular flexibility index (Phi) is 5.56. The van der Waals surface area contributed by atoms with Crippen LogP contribution in [-0.2, 0) is 0 Å². The van der Waals surface area contributed by atoms with E-state index in [0.717, 1.165) is 38.8 Å². The van der Waals surface area contributed by atoms with Crippen LogP contribution in [0.25, 0.3) is 10.9 Å². The Morgan fingerprint density at radius 2 is 2.10 bits per heavy atom. The number of halogens is 3. The van der Waals surface area contributed by atoms with Gasteiger partial charge in [0, 0.05) is 36.4 Å². The average Bonchev–Trinajstić information content (AvgIpc) is 3.43. The van der Waals surface area contributed by atoms with Crippen molar-refractivity contribution in [3.63, 3.8) is 0 Å². The fourth-order valence-corrected chi connectivity index (χ4v) is 5.75. The van der Waals surface area contributed by atoms with E-state index in [4.69, 9.17) is 21.3 Å². The molecule has 2 heterocycles. The number of hydrogen-bond acceptors (Lipinski definition) is 6. The topological polar surface area (TPSA) is 61.7 Å². The van der Waals surface area contributed by atoms with Gasteiger partial charge in [-0.05, 0) is 67.7 Å². The minimum atomic E-state index is -0.509. The molecule has 5 rings (SSSR count). The van der Waals surface area contributed by atoms with Gasteiger partial charge in [0.05, 0.1) is 22.2 Å². The zero-order valence-electron chi connectivity index (χ0n) is 17.7. The molecule has 1 N–H and O–H groups in total. The van der Waals surface area contributed by atoms with Gasteiger partial charge in [-0.25, -0.2) is 4.39 Å². The molecule has 3 atom stereocenters. The lowest BCUT2D eigenvalue weighted by molar-refractivity contribution is 0.137. The SMILES string of the molecule is CN(C)CC1(COc2nc(N3CC4CC(O)[C@@H](C4)C3)c3cc(Cl)c(Br)c(F)c3n2)CC1. The van der Waals surface area contributed by atoms with E-state index in [2.05, 4.69) is 44.8 Å². The summed E-state index contributed by atoms with van der Waals surface area (Å²) < 4.78 is 21.4. The van der Waals surface area contributed by atoms with Crippen molar-refractivity contribution < 1.29 is 14.2 Å². The molecule has 3 aliphatic rings. The number of benzene rings is 1. The summed E-state index contributed by atoms with van der Waals surface area (Å²) in [6.45, 7) is 2.91. The van der Waals surface area contributed by atoms with Crippen molar-refractivity contribution in [2.45, 2.75) is 31.8 Å². The first-order valence-electron chi connectivity index (χ1n) is 10.8. The average molecular weight is 514 g/mol. The zero-order chi connectivity index (χ0) is 21.9. The second kappa shape index (κ2) is 7.97. The number of nitrogens with zero attached hydrogens (tertiary/aromatic N) is 4. The van der Waals surface area contributed by atoms with Crippen LogP contribution >= 0.6 is 27.5 Å². The number of aliphatic hydroxyl groups is 1. The smallest absolute Gasteiger partial charge is 0.319 e. The van der Waals surface area contributed by atoms with Crippen molar-refractivity contribution in [1.82, 2.24) is 14.9 Å². The number of ether oxygens (including phenoxy) is 1. The summed E-state index contributed by atoms with van der Waals surface area (Å²) in [5, 5.41) is 11.2. The standard InChI is InChI=1S/C22H27BrClFN4O2/c1-28(2)10-22(3-4-22)11-31-21-26-19-14(7-15(24)17(23)18(19)25)20(27-21)29-8-12-5-13(9-29)16(30)6-12/h7,12-13,16,30H,3-6,8-11H2,1-2H3/t12?,13-,16?/m0/s1. The summed E-state index contributed by atoms with van der Waals surface area (Å²) in [6.07, 6.45) is 3.76. The Balaban J connectivity index is 1.52. The maximum atomic E-state index is 15.1. The molecular formula is C22H27BrClFN4O2. The first kappa shape index (κ1) is 21.6. The summed E-state index contributed by atoms with van der Waals surface area (Å²) in [4.78, 5) is 13.5. The lowest BCUT2D eigenvalue weighted by atomic mass is 9.98. The second-order valence-electron chi connectivity index (χ2n) is 9.81. The fourth-order valence-electron chi connectivity index (χ4n) is 5.26. The number of aromatic nitrogens is 2. The molecule has 3 fully saturated rings. The van der Waals surface area contributed by atoms with Crippen molar-refractivity contribution in [2.75, 3.05) is 45.2 Å². The molecule has 1 aromatic carbocycles. The summed E-state index contributed by atoms with van der Waals surface area (Å²) in [5.74, 6) is 0.743. The molecule has 31 heavy (non-hydrogen) atoms. The van der Waals surface area contributed by atoms with E-state index in [9.17, 15) is 5.11 Å². The molecule has 0 amide bonds. The number of anilines is 1. The van der Waals surface area contributed by atoms with Crippen LogP contribution in [0, 0.1) is 23.1 Å². The van der Waals surface area contributed by atoms with E-state index in [1.165, 1.54) is 0 Å². The van der Waals surface area contributed by atoms with E-state index in [0.29, 0.717) is 30.3 Å². The predicted molar refractivity (Wildman–Crippen MR) is 122 cm³/mol. The van der Waals surface area contributed by atoms with Gasteiger partial charge in [-0.15, -0.1) is 0 Å². The Labute approximate surface area is 194 Å². The molecule has 1 aliphatic heterocycles. The Hall–Kier alpha value is -1.22. The van der Waals surface area contributed by atoms with Crippen LogP contribution in [0.5, 0.6) is 6.01 Å². The van der Waals surface area contributed by atoms with Gasteiger partial charge >= 0.3 is 6.01 Å². The minimum absolute atomic E-state index is 0.120. The van der Waals surface area contributed by atoms with E-state index >= 15 is 4.39 Å². The van der Waals surface area contributed by atoms with E-state index < -0.39 is 5.82 Å². The van der Waals surface area contributed by atoms with Crippen LogP contribution in [0.1, 0.15) is 25.7 Å². The second-order valence-corrected chi connectivity index (χ2v) is 11.0. The van der Waals surface area contributed by atoms with Gasteiger partial charge in [0.25, 0.3) is 0 Å². The van der Waals surface area contributed by atoms with Crippen molar-refractivity contribution in [1.29, 1.82) is 0 Å². The highest BCUT2D eigenvalue weighted by Gasteiger charge is 2.44. The molecular weight excluding hydrogens is 487 g/mol. The number of rotatable bonds is 6. The lowest BCUT2D eigenvalue weighted by Gasteiger charge is -2.33. The summed E-state index contributed by atoms with van der Waals surface area (Å²) >= 11 is 9.51. The van der Waals surface area contributed by atoms with E-state index in [-0.39, 0.29) is 38.5 Å². The molecule has 1 aromatic heterocycles. The maximum Gasteiger partial charge on any atom is 0.319 e. The third-order valence-corrected chi connectivity index (χ3v) is 8.19. The maximum absolute atomic E-state index is 15.1. The summed E-state index contributed by atoms with van der Waals surface area (Å²) in [5.41, 5.74) is 0.322. The van der Waals surface area contributed by atoms with E-state index in [1.807, 2.05) is 0 Å². The molecule has 0 radical (unpaired) electrons. The van der Waals surface area contributed by atoms with Gasteiger partial charge in [-0.3, -0.25) is 0 Å². The van der Waals surface area contributed by atoms with Gasteiger partial charge in [0.2, 0.25) is 0 Å². The van der Waals surface area contributed by atoms with Crippen LogP contribution in [-0.4, -0.2) is 66.4 Å². The van der Waals surface area contributed by atoms with Gasteiger partial charge in [-0.2, -0.15) is 9.97 Å². The number of fused-ring (bicyclic) bond motifs is 3. The molecule has 6 nitrogen and oxygen atoms in total. The summed E-state index contributed by atoms with van der Waals surface area (Å²) in [7, 11) is 4.11. The minimum Gasteiger partial charge on any atom is -0.463 e. The molecule has 0 spiro atoms. The molecule has 2 aliphatic carbocycles. The molecule has 2 aromatic rings. The molecule has 2 bridgehead atoms. The van der Waals surface area contributed by atoms with Crippen molar-refractivity contribution in [2.24, 2.45) is 17.3 Å². The number of hydrogen-bond donors (Lipinski definition) is 1. The Morgan fingerprint density at radius 1 is 1.32 bits per heavy atom. The first-order valence-corrected chi connectivity index (χ1v) is 12.0. The van der Waals surface area contributed by atoms with Gasteiger partial charge < -0.3 is 19.6 Å². The molecule has 9 heteroatoms. The highest BCUT2D eigenvalue weighted by atomic mass is 79.9. The molecule has 168 valence electrons. The lowest BCUT2D eigenvalue weighted by Crippen LogP contribution is -2.38. The third kappa shape index (κ3) is 4.12. The molecule has 2 saturated carbocycles. The van der Waals surface area contributed by atoms with E-state index in [1.54, 1.807) is 6.07 Å². The monoisotopic (exact) mass is 512 g/mol. The van der Waals surface area contributed by atoms with Crippen LogP contribution in [0.4, 0.5) is 10.2 Å². The van der Waals surface area contributed by atoms with Crippen molar-refractivity contribution in [3.8, 4) is 6.01 Å². The van der Waals surface area contributed by atoms with Gasteiger partial charge in [-0.1, -0.05) is 11.6 Å². The van der Waals surface area contributed by atoms with Crippen LogP contribution in [0.15, 0.2) is 10.5 Å². The van der Waals surface area contributed by atoms with Gasteiger partial charge in [0.1, 0.15) is 11.3 Å². The first-order chi connectivity index (χ1) is 14.7. The highest BCUT2D eigenvalue weighted by molar-refractivity contribution is 9.10. The van der Waals surface area contributed by atoms with Crippen LogP contribution in [0.3, 0.4) is 0 Å². The van der Waals surface area contributed by atoms with Gasteiger partial charge in [0.15, 0.2) is 5.82 Å². The van der Waals surface area contributed by atoms with Crippen LogP contribution < -0.4 is 9.64 Å². The molecule has 1 saturated heterocycles. The number of piperidine rings is 1. The van der Waals surface area contributed by atoms with Crippen LogP contribution in [0.2, 0.25) is 5.02 Å². The predicted octanol–water partition coefficient (Wildman–Crippen LogP) is 4.11. The largest absolute Gasteiger partial charge is 0.463 e. The van der Waals surface area contributed by atoms with Crippen molar-refractivity contribution in [3.05, 3.63) is 21.4 Å². The Bertz CT molecular complexity index is 1020. The summed E-state index contributed by atoms with van der Waals surface area (Å²) in [6, 6.07) is 1.91. The quantitative estimate of drug-likeness (QED) is 0.587. The highest BCUT2D eigenvalue weighted by Crippen LogP contribution is 2.46. The zero-order valence-corrected chi connectivity index (χ0v) is 20.1. The number of aliphatic hydroxyl groups excluding tert-OH is 1.